The van der Waals surface area contributed by atoms with Crippen LogP contribution < -0.4 is 11.5 Å². The molecule has 4 N–H and O–H groups in total. The second-order valence-corrected chi connectivity index (χ2v) is 3.96. The van der Waals surface area contributed by atoms with E-state index in [1.165, 1.54) is 11.3 Å². The average molecular weight is 280 g/mol. The first-order valence-electron chi connectivity index (χ1n) is 4.71. The number of nitrogens with two attached hydrogens (primary N) is 2. The third kappa shape index (κ3) is 4.68. The molecule has 0 bridgehead atoms. The van der Waals surface area contributed by atoms with Gasteiger partial charge in [-0.2, -0.15) is 0 Å². The summed E-state index contributed by atoms with van der Waals surface area (Å²) >= 11 is 1.21. The Bertz CT molecular complexity index is 397. The van der Waals surface area contributed by atoms with Crippen molar-refractivity contribution in [3.8, 4) is 0 Å². The third-order valence-electron chi connectivity index (χ3n) is 1.74. The number of nitrogens with zero attached hydrogens (tertiary/aromatic N) is 1. The molecule has 96 valence electrons. The summed E-state index contributed by atoms with van der Waals surface area (Å²) in [7, 11) is 0. The number of rotatable bonds is 5. The normalized spacial score (nSPS) is 11.4. The van der Waals surface area contributed by atoms with E-state index in [2.05, 4.69) is 4.98 Å². The molecule has 1 atom stereocenters. The summed E-state index contributed by atoms with van der Waals surface area (Å²) < 4.78 is 4.77. The molecule has 0 aromatic carbocycles. The van der Waals surface area contributed by atoms with E-state index in [1.807, 2.05) is 0 Å². The molecule has 1 aromatic rings. The van der Waals surface area contributed by atoms with Crippen molar-refractivity contribution in [1.29, 1.82) is 0 Å². The maximum atomic E-state index is 11.3. The fourth-order valence-electron chi connectivity index (χ4n) is 1.06. The van der Waals surface area contributed by atoms with Crippen molar-refractivity contribution in [1.82, 2.24) is 4.98 Å². The van der Waals surface area contributed by atoms with Crippen molar-refractivity contribution in [2.45, 2.75) is 19.4 Å². The fourth-order valence-corrected chi connectivity index (χ4v) is 1.85. The second-order valence-electron chi connectivity index (χ2n) is 3.07. The second kappa shape index (κ2) is 7.21. The predicted molar refractivity (Wildman–Crippen MR) is 66.1 cm³/mol. The maximum absolute atomic E-state index is 11.3. The lowest BCUT2D eigenvalue weighted by Gasteiger charge is -2.04. The molecular formula is C9H14ClN3O3S. The van der Waals surface area contributed by atoms with Crippen molar-refractivity contribution in [3.05, 3.63) is 16.1 Å². The minimum absolute atomic E-state index is 0. The van der Waals surface area contributed by atoms with Crippen LogP contribution in [0.1, 0.15) is 34.9 Å². The molecule has 0 saturated carbocycles. The van der Waals surface area contributed by atoms with Gasteiger partial charge in [-0.15, -0.1) is 23.7 Å². The minimum atomic E-state index is -0.564. The summed E-state index contributed by atoms with van der Waals surface area (Å²) in [6.45, 7) is 2.00. The van der Waals surface area contributed by atoms with Crippen LogP contribution in [0.5, 0.6) is 0 Å². The summed E-state index contributed by atoms with van der Waals surface area (Å²) in [4.78, 5) is 25.9. The molecule has 0 saturated heterocycles. The summed E-state index contributed by atoms with van der Waals surface area (Å²) in [5.41, 5.74) is 10.9. The van der Waals surface area contributed by atoms with Crippen molar-refractivity contribution in [3.63, 3.8) is 0 Å². The molecule has 0 radical (unpaired) electrons. The Labute approximate surface area is 109 Å². The lowest BCUT2D eigenvalue weighted by Crippen LogP contribution is -2.20. The molecule has 0 unspecified atom stereocenters. The van der Waals surface area contributed by atoms with Gasteiger partial charge in [0, 0.05) is 11.8 Å². The van der Waals surface area contributed by atoms with Gasteiger partial charge in [-0.25, -0.2) is 9.78 Å². The number of ether oxygens (including phenoxy) is 1. The zero-order valence-electron chi connectivity index (χ0n) is 9.21. The number of halogens is 1. The van der Waals surface area contributed by atoms with Gasteiger partial charge in [0.25, 0.3) is 0 Å². The van der Waals surface area contributed by atoms with Gasteiger partial charge < -0.3 is 16.2 Å². The molecule has 0 fully saturated rings. The molecule has 0 aliphatic rings. The predicted octanol–water partition coefficient (Wildman–Crippen LogP) is 0.617. The molecule has 1 heterocycles. The van der Waals surface area contributed by atoms with E-state index in [4.69, 9.17) is 16.2 Å². The maximum Gasteiger partial charge on any atom is 0.357 e. The van der Waals surface area contributed by atoms with Crippen LogP contribution >= 0.6 is 23.7 Å². The lowest BCUT2D eigenvalue weighted by atomic mass is 10.2. The molecule has 0 spiro atoms. The summed E-state index contributed by atoms with van der Waals surface area (Å²) in [5.74, 6) is -0.989. The number of thiazole rings is 1. The highest BCUT2D eigenvalue weighted by Gasteiger charge is 2.17. The first kappa shape index (κ1) is 15.8. The van der Waals surface area contributed by atoms with Crippen molar-refractivity contribution in [2.24, 2.45) is 11.5 Å². The Hall–Kier alpha value is -1.18. The smallest absolute Gasteiger partial charge is 0.357 e. The fraction of sp³-hybridized carbons (Fsp3) is 0.444. The monoisotopic (exact) mass is 279 g/mol. The van der Waals surface area contributed by atoms with Crippen LogP contribution in [0.2, 0.25) is 0 Å². The van der Waals surface area contributed by atoms with Crippen molar-refractivity contribution >= 4 is 35.6 Å². The van der Waals surface area contributed by atoms with Gasteiger partial charge in [-0.05, 0) is 6.92 Å². The highest BCUT2D eigenvalue weighted by molar-refractivity contribution is 7.09. The van der Waals surface area contributed by atoms with Gasteiger partial charge in [-0.3, -0.25) is 4.79 Å². The van der Waals surface area contributed by atoms with Crippen molar-refractivity contribution in [2.75, 3.05) is 6.61 Å². The number of esters is 1. The average Bonchev–Trinajstić information content (AvgIpc) is 2.65. The largest absolute Gasteiger partial charge is 0.461 e. The standard InChI is InChI=1S/C9H13N3O3S.ClH/c1-2-15-9(14)6-4-16-8(12-6)5(10)3-7(11)13;/h4-5H,2-3,10H2,1H3,(H2,11,13);1H/t5-;/m0./s1. The van der Waals surface area contributed by atoms with Crippen LogP contribution in [0.15, 0.2) is 5.38 Å². The highest BCUT2D eigenvalue weighted by Crippen LogP contribution is 2.19. The number of carbonyl (C=O) groups excluding carboxylic acids is 2. The molecule has 0 aliphatic carbocycles. The van der Waals surface area contributed by atoms with Crippen LogP contribution in [0.25, 0.3) is 0 Å². The Morgan fingerprint density at radius 3 is 2.76 bits per heavy atom. The van der Waals surface area contributed by atoms with Crippen LogP contribution in [0.3, 0.4) is 0 Å². The van der Waals surface area contributed by atoms with Gasteiger partial charge >= 0.3 is 5.97 Å². The lowest BCUT2D eigenvalue weighted by molar-refractivity contribution is -0.118. The van der Waals surface area contributed by atoms with E-state index < -0.39 is 17.9 Å². The molecule has 1 aromatic heterocycles. The van der Waals surface area contributed by atoms with Crippen LogP contribution in [0.4, 0.5) is 0 Å². The molecule has 17 heavy (non-hydrogen) atoms. The first-order chi connectivity index (χ1) is 7.54. The number of amides is 1. The van der Waals surface area contributed by atoms with E-state index >= 15 is 0 Å². The van der Waals surface area contributed by atoms with Gasteiger partial charge in [0.15, 0.2) is 5.69 Å². The molecule has 0 aliphatic heterocycles. The number of primary amides is 1. The number of hydrogen-bond acceptors (Lipinski definition) is 6. The molecule has 1 amide bonds. The summed E-state index contributed by atoms with van der Waals surface area (Å²) in [6.07, 6.45) is 0.00970. The SMILES string of the molecule is CCOC(=O)c1csc([C@@H](N)CC(N)=O)n1.Cl. The molecular weight excluding hydrogens is 266 g/mol. The zero-order chi connectivity index (χ0) is 12.1. The van der Waals surface area contributed by atoms with Crippen LogP contribution in [-0.2, 0) is 9.53 Å². The van der Waals surface area contributed by atoms with Crippen molar-refractivity contribution < 1.29 is 14.3 Å². The number of aromatic nitrogens is 1. The van der Waals surface area contributed by atoms with E-state index in [0.29, 0.717) is 11.6 Å². The van der Waals surface area contributed by atoms with E-state index in [-0.39, 0.29) is 24.5 Å². The van der Waals surface area contributed by atoms with E-state index in [0.717, 1.165) is 0 Å². The Balaban J connectivity index is 0.00000256. The third-order valence-corrected chi connectivity index (χ3v) is 2.72. The highest BCUT2D eigenvalue weighted by atomic mass is 35.5. The van der Waals surface area contributed by atoms with Gasteiger partial charge in [0.1, 0.15) is 5.01 Å². The number of carbonyl (C=O) groups is 2. The van der Waals surface area contributed by atoms with E-state index in [1.54, 1.807) is 12.3 Å². The molecule has 8 heteroatoms. The van der Waals surface area contributed by atoms with Gasteiger partial charge in [0.2, 0.25) is 5.91 Å². The summed E-state index contributed by atoms with van der Waals surface area (Å²) in [6, 6.07) is -0.564. The van der Waals surface area contributed by atoms with Gasteiger partial charge in [0.05, 0.1) is 12.6 Å². The van der Waals surface area contributed by atoms with E-state index in [9.17, 15) is 9.59 Å². The zero-order valence-corrected chi connectivity index (χ0v) is 10.8. The number of hydrogen-bond donors (Lipinski definition) is 2. The van der Waals surface area contributed by atoms with Crippen LogP contribution in [0, 0.1) is 0 Å². The Morgan fingerprint density at radius 2 is 2.24 bits per heavy atom. The molecule has 6 nitrogen and oxygen atoms in total. The Morgan fingerprint density at radius 1 is 1.59 bits per heavy atom. The minimum Gasteiger partial charge on any atom is -0.461 e. The van der Waals surface area contributed by atoms with Gasteiger partial charge in [-0.1, -0.05) is 0 Å². The topological polar surface area (TPSA) is 108 Å². The first-order valence-corrected chi connectivity index (χ1v) is 5.59. The van der Waals surface area contributed by atoms with Crippen LogP contribution in [-0.4, -0.2) is 23.5 Å². The molecule has 1 rings (SSSR count). The summed E-state index contributed by atoms with van der Waals surface area (Å²) in [5, 5.41) is 2.05. The Kier molecular flexibility index (Phi) is 6.71. The quantitative estimate of drug-likeness (QED) is 0.768.